The highest BCUT2D eigenvalue weighted by Crippen LogP contribution is 2.07. The van der Waals surface area contributed by atoms with Gasteiger partial charge in [-0.05, 0) is 71.5 Å². The number of hydrogen-bond donors (Lipinski definition) is 2. The van der Waals surface area contributed by atoms with Crippen molar-refractivity contribution in [1.82, 2.24) is 15.5 Å². The number of likely N-dealkylation sites (tertiary alicyclic amines) is 1. The Morgan fingerprint density at radius 2 is 1.86 bits per heavy atom. The van der Waals surface area contributed by atoms with Gasteiger partial charge in [-0.1, -0.05) is 13.8 Å². The van der Waals surface area contributed by atoms with Gasteiger partial charge in [-0.25, -0.2) is 0 Å². The van der Waals surface area contributed by atoms with Crippen LogP contribution in [0.1, 0.15) is 59.8 Å². The highest BCUT2D eigenvalue weighted by molar-refractivity contribution is 5.79. The van der Waals surface area contributed by atoms with Gasteiger partial charge in [0.1, 0.15) is 0 Å². The van der Waals surface area contributed by atoms with Crippen LogP contribution in [0.15, 0.2) is 4.99 Å². The molecule has 0 amide bonds. The van der Waals surface area contributed by atoms with Gasteiger partial charge in [0, 0.05) is 19.1 Å². The monoisotopic (exact) mass is 296 g/mol. The highest BCUT2D eigenvalue weighted by Gasteiger charge is 2.10. The van der Waals surface area contributed by atoms with Gasteiger partial charge in [-0.3, -0.25) is 4.99 Å². The molecule has 124 valence electrons. The molecule has 1 aliphatic heterocycles. The zero-order valence-corrected chi connectivity index (χ0v) is 14.6. The van der Waals surface area contributed by atoms with Gasteiger partial charge >= 0.3 is 0 Å². The summed E-state index contributed by atoms with van der Waals surface area (Å²) in [5, 5.41) is 6.88. The van der Waals surface area contributed by atoms with E-state index in [1.807, 2.05) is 0 Å². The first-order valence-corrected chi connectivity index (χ1v) is 8.89. The second-order valence-electron chi connectivity index (χ2n) is 6.68. The van der Waals surface area contributed by atoms with Gasteiger partial charge in [-0.2, -0.15) is 0 Å². The van der Waals surface area contributed by atoms with Gasteiger partial charge in [0.2, 0.25) is 0 Å². The molecule has 0 radical (unpaired) electrons. The number of hydrogen-bond acceptors (Lipinski definition) is 2. The molecule has 0 aromatic carbocycles. The molecule has 1 aliphatic rings. The van der Waals surface area contributed by atoms with E-state index in [1.165, 1.54) is 45.3 Å². The first kappa shape index (κ1) is 18.3. The number of nitrogens with one attached hydrogen (secondary N) is 2. The zero-order valence-electron chi connectivity index (χ0n) is 14.6. The Labute approximate surface area is 131 Å². The molecule has 1 rings (SSSR count). The Bertz CT molecular complexity index is 283. The first-order valence-electron chi connectivity index (χ1n) is 8.89. The van der Waals surface area contributed by atoms with Gasteiger partial charge in [0.15, 0.2) is 5.96 Å². The van der Waals surface area contributed by atoms with E-state index in [9.17, 15) is 0 Å². The molecule has 0 aromatic rings. The van der Waals surface area contributed by atoms with Crippen LogP contribution in [0.2, 0.25) is 0 Å². The molecule has 1 fully saturated rings. The quantitative estimate of drug-likeness (QED) is 0.390. The molecule has 0 spiro atoms. The van der Waals surface area contributed by atoms with E-state index < -0.39 is 0 Å². The molecule has 1 saturated heterocycles. The largest absolute Gasteiger partial charge is 0.357 e. The standard InChI is InChI=1S/C17H36N4/c1-5-18-17(20-16(4)10-9-15(2)3)19-11-8-14-21-12-6-7-13-21/h15-16H,5-14H2,1-4H3,(H2,18,19,20). The Hall–Kier alpha value is -0.770. The molecule has 0 aromatic heterocycles. The third-order valence-corrected chi connectivity index (χ3v) is 4.01. The van der Waals surface area contributed by atoms with E-state index in [1.54, 1.807) is 0 Å². The van der Waals surface area contributed by atoms with Gasteiger partial charge in [-0.15, -0.1) is 0 Å². The Morgan fingerprint density at radius 3 is 2.48 bits per heavy atom. The predicted octanol–water partition coefficient (Wildman–Crippen LogP) is 2.85. The van der Waals surface area contributed by atoms with Crippen molar-refractivity contribution in [3.63, 3.8) is 0 Å². The lowest BCUT2D eigenvalue weighted by Crippen LogP contribution is -2.42. The summed E-state index contributed by atoms with van der Waals surface area (Å²) in [4.78, 5) is 7.27. The van der Waals surface area contributed by atoms with E-state index in [0.29, 0.717) is 6.04 Å². The fourth-order valence-electron chi connectivity index (χ4n) is 2.70. The molecule has 21 heavy (non-hydrogen) atoms. The summed E-state index contributed by atoms with van der Waals surface area (Å²) in [5.74, 6) is 1.75. The van der Waals surface area contributed by atoms with E-state index in [2.05, 4.69) is 43.2 Å². The Morgan fingerprint density at radius 1 is 1.14 bits per heavy atom. The summed E-state index contributed by atoms with van der Waals surface area (Å²) in [6, 6.07) is 0.490. The third kappa shape index (κ3) is 8.97. The smallest absolute Gasteiger partial charge is 0.191 e. The molecule has 2 N–H and O–H groups in total. The Kier molecular flexibility index (Phi) is 9.48. The van der Waals surface area contributed by atoms with Crippen molar-refractivity contribution in [3.05, 3.63) is 0 Å². The van der Waals surface area contributed by atoms with Crippen molar-refractivity contribution in [2.24, 2.45) is 10.9 Å². The molecule has 0 aliphatic carbocycles. The van der Waals surface area contributed by atoms with E-state index in [4.69, 9.17) is 4.99 Å². The number of aliphatic imine (C=N–C) groups is 1. The third-order valence-electron chi connectivity index (χ3n) is 4.01. The average molecular weight is 297 g/mol. The summed E-state index contributed by atoms with van der Waals surface area (Å²) in [6.07, 6.45) is 6.39. The summed E-state index contributed by atoms with van der Waals surface area (Å²) >= 11 is 0. The molecule has 0 saturated carbocycles. The molecular formula is C17H36N4. The molecule has 1 heterocycles. The average Bonchev–Trinajstić information content (AvgIpc) is 2.94. The van der Waals surface area contributed by atoms with Crippen molar-refractivity contribution in [2.45, 2.75) is 65.8 Å². The maximum Gasteiger partial charge on any atom is 0.191 e. The minimum absolute atomic E-state index is 0.490. The SMILES string of the molecule is CCNC(=NCCCN1CCCC1)NC(C)CCC(C)C. The van der Waals surface area contributed by atoms with Crippen LogP contribution in [0.3, 0.4) is 0 Å². The Balaban J connectivity index is 2.24. The lowest BCUT2D eigenvalue weighted by Gasteiger charge is -2.19. The van der Waals surface area contributed by atoms with Crippen LogP contribution in [-0.2, 0) is 0 Å². The van der Waals surface area contributed by atoms with Crippen LogP contribution >= 0.6 is 0 Å². The lowest BCUT2D eigenvalue weighted by molar-refractivity contribution is 0.336. The van der Waals surface area contributed by atoms with Crippen LogP contribution < -0.4 is 10.6 Å². The van der Waals surface area contributed by atoms with Gasteiger partial charge in [0.25, 0.3) is 0 Å². The van der Waals surface area contributed by atoms with Crippen LogP contribution in [0.5, 0.6) is 0 Å². The van der Waals surface area contributed by atoms with Crippen LogP contribution in [0.4, 0.5) is 0 Å². The van der Waals surface area contributed by atoms with Crippen molar-refractivity contribution in [3.8, 4) is 0 Å². The maximum absolute atomic E-state index is 4.71. The highest BCUT2D eigenvalue weighted by atomic mass is 15.2. The van der Waals surface area contributed by atoms with Crippen molar-refractivity contribution in [1.29, 1.82) is 0 Å². The first-order chi connectivity index (χ1) is 10.1. The fraction of sp³-hybridized carbons (Fsp3) is 0.941. The minimum Gasteiger partial charge on any atom is -0.357 e. The van der Waals surface area contributed by atoms with Crippen molar-refractivity contribution < 1.29 is 0 Å². The van der Waals surface area contributed by atoms with E-state index >= 15 is 0 Å². The van der Waals surface area contributed by atoms with Gasteiger partial charge < -0.3 is 15.5 Å². The minimum atomic E-state index is 0.490. The number of rotatable bonds is 9. The van der Waals surface area contributed by atoms with Crippen molar-refractivity contribution >= 4 is 5.96 Å². The summed E-state index contributed by atoms with van der Waals surface area (Å²) < 4.78 is 0. The van der Waals surface area contributed by atoms with E-state index in [0.717, 1.165) is 31.4 Å². The van der Waals surface area contributed by atoms with E-state index in [-0.39, 0.29) is 0 Å². The van der Waals surface area contributed by atoms with Crippen LogP contribution in [0.25, 0.3) is 0 Å². The molecule has 1 atom stereocenters. The number of nitrogens with zero attached hydrogens (tertiary/aromatic N) is 2. The normalized spacial score (nSPS) is 18.2. The molecule has 1 unspecified atom stereocenters. The second-order valence-corrected chi connectivity index (χ2v) is 6.68. The second kappa shape index (κ2) is 10.9. The summed E-state index contributed by atoms with van der Waals surface area (Å²) in [6.45, 7) is 14.6. The number of guanidine groups is 1. The van der Waals surface area contributed by atoms with Crippen molar-refractivity contribution in [2.75, 3.05) is 32.7 Å². The summed E-state index contributed by atoms with van der Waals surface area (Å²) in [5.41, 5.74) is 0. The molecule has 4 nitrogen and oxygen atoms in total. The molecule has 4 heteroatoms. The molecular weight excluding hydrogens is 260 g/mol. The predicted molar refractivity (Wildman–Crippen MR) is 92.9 cm³/mol. The fourth-order valence-corrected chi connectivity index (χ4v) is 2.70. The maximum atomic E-state index is 4.71. The topological polar surface area (TPSA) is 39.7 Å². The lowest BCUT2D eigenvalue weighted by atomic mass is 10.0. The van der Waals surface area contributed by atoms with Crippen LogP contribution in [0, 0.1) is 5.92 Å². The molecule has 0 bridgehead atoms. The van der Waals surface area contributed by atoms with Crippen LogP contribution in [-0.4, -0.2) is 49.6 Å². The zero-order chi connectivity index (χ0) is 15.5. The van der Waals surface area contributed by atoms with Gasteiger partial charge in [0.05, 0.1) is 0 Å². The summed E-state index contributed by atoms with van der Waals surface area (Å²) in [7, 11) is 0.